The van der Waals surface area contributed by atoms with Crippen molar-refractivity contribution in [3.63, 3.8) is 0 Å². The van der Waals surface area contributed by atoms with E-state index in [9.17, 15) is 14.4 Å². The monoisotopic (exact) mass is 344 g/mol. The standard InChI is InChI=1S/C18H24N4O3/c1-13(17(24)22-8-7-19-18(22)25)20-9-11-21(12-10-20)16-5-3-15(4-6-16)14(2)23/h3-6,13H,7-12H2,1-2H3,(H,19,25)/t13-/m1/s1. The number of imide groups is 1. The molecule has 25 heavy (non-hydrogen) atoms. The highest BCUT2D eigenvalue weighted by Crippen LogP contribution is 2.19. The third kappa shape index (κ3) is 3.66. The third-order valence-corrected chi connectivity index (χ3v) is 4.98. The van der Waals surface area contributed by atoms with Gasteiger partial charge in [0.1, 0.15) is 0 Å². The summed E-state index contributed by atoms with van der Waals surface area (Å²) in [4.78, 5) is 41.2. The summed E-state index contributed by atoms with van der Waals surface area (Å²) in [6, 6.07) is 7.04. The van der Waals surface area contributed by atoms with E-state index in [0.717, 1.165) is 31.9 Å². The average Bonchev–Trinajstić information content (AvgIpc) is 3.06. The van der Waals surface area contributed by atoms with E-state index in [4.69, 9.17) is 0 Å². The van der Waals surface area contributed by atoms with E-state index in [-0.39, 0.29) is 23.8 Å². The first-order valence-corrected chi connectivity index (χ1v) is 8.66. The number of hydrogen-bond donors (Lipinski definition) is 1. The second-order valence-corrected chi connectivity index (χ2v) is 6.52. The average molecular weight is 344 g/mol. The molecule has 2 fully saturated rings. The molecule has 0 aromatic heterocycles. The van der Waals surface area contributed by atoms with Crippen LogP contribution in [0, 0.1) is 0 Å². The van der Waals surface area contributed by atoms with Crippen molar-refractivity contribution in [2.24, 2.45) is 0 Å². The number of nitrogens with zero attached hydrogens (tertiary/aromatic N) is 3. The van der Waals surface area contributed by atoms with Crippen molar-refractivity contribution in [2.75, 3.05) is 44.2 Å². The molecule has 134 valence electrons. The molecule has 0 radical (unpaired) electrons. The van der Waals surface area contributed by atoms with Gasteiger partial charge in [-0.3, -0.25) is 19.4 Å². The van der Waals surface area contributed by atoms with E-state index >= 15 is 0 Å². The van der Waals surface area contributed by atoms with E-state index in [0.29, 0.717) is 18.7 Å². The van der Waals surface area contributed by atoms with Crippen LogP contribution in [0.1, 0.15) is 24.2 Å². The minimum Gasteiger partial charge on any atom is -0.369 e. The lowest BCUT2D eigenvalue weighted by Crippen LogP contribution is -2.55. The molecule has 0 aliphatic carbocycles. The Labute approximate surface area is 147 Å². The van der Waals surface area contributed by atoms with Crippen LogP contribution in [0.15, 0.2) is 24.3 Å². The summed E-state index contributed by atoms with van der Waals surface area (Å²) < 4.78 is 0. The molecule has 1 aromatic carbocycles. The molecule has 7 nitrogen and oxygen atoms in total. The number of benzene rings is 1. The second kappa shape index (κ2) is 7.23. The number of rotatable bonds is 4. The molecular weight excluding hydrogens is 320 g/mol. The van der Waals surface area contributed by atoms with Gasteiger partial charge < -0.3 is 10.2 Å². The van der Waals surface area contributed by atoms with Crippen molar-refractivity contribution in [1.29, 1.82) is 0 Å². The van der Waals surface area contributed by atoms with Gasteiger partial charge in [0.2, 0.25) is 5.91 Å². The maximum atomic E-state index is 12.5. The lowest BCUT2D eigenvalue weighted by Gasteiger charge is -2.39. The summed E-state index contributed by atoms with van der Waals surface area (Å²) >= 11 is 0. The zero-order chi connectivity index (χ0) is 18.0. The van der Waals surface area contributed by atoms with Gasteiger partial charge in [-0.25, -0.2) is 4.79 Å². The predicted molar refractivity (Wildman–Crippen MR) is 94.8 cm³/mol. The van der Waals surface area contributed by atoms with Crippen LogP contribution in [-0.4, -0.2) is 72.8 Å². The van der Waals surface area contributed by atoms with Crippen LogP contribution in [0.2, 0.25) is 0 Å². The Kier molecular flexibility index (Phi) is 5.03. The highest BCUT2D eigenvalue weighted by molar-refractivity contribution is 5.98. The summed E-state index contributed by atoms with van der Waals surface area (Å²) in [7, 11) is 0. The summed E-state index contributed by atoms with van der Waals surface area (Å²) in [5.74, 6) is -0.0658. The number of anilines is 1. The zero-order valence-electron chi connectivity index (χ0n) is 14.7. The second-order valence-electron chi connectivity index (χ2n) is 6.52. The van der Waals surface area contributed by atoms with Crippen LogP contribution < -0.4 is 10.2 Å². The van der Waals surface area contributed by atoms with E-state index in [1.165, 1.54) is 4.90 Å². The molecule has 0 spiro atoms. The maximum Gasteiger partial charge on any atom is 0.324 e. The molecule has 1 aromatic rings. The normalized spacial score (nSPS) is 19.7. The number of nitrogens with one attached hydrogen (secondary N) is 1. The Morgan fingerprint density at radius 3 is 2.20 bits per heavy atom. The number of hydrogen-bond acceptors (Lipinski definition) is 5. The SMILES string of the molecule is CC(=O)c1ccc(N2CCN([C@H](C)C(=O)N3CCNC3=O)CC2)cc1. The molecule has 1 N–H and O–H groups in total. The quantitative estimate of drug-likeness (QED) is 0.824. The largest absolute Gasteiger partial charge is 0.369 e. The summed E-state index contributed by atoms with van der Waals surface area (Å²) in [6.07, 6.45) is 0. The van der Waals surface area contributed by atoms with Gasteiger partial charge >= 0.3 is 6.03 Å². The molecule has 2 aliphatic heterocycles. The van der Waals surface area contributed by atoms with Gasteiger partial charge in [-0.15, -0.1) is 0 Å². The number of urea groups is 1. The number of piperazine rings is 1. The topological polar surface area (TPSA) is 73.0 Å². The number of ketones is 1. The van der Waals surface area contributed by atoms with Crippen molar-refractivity contribution >= 4 is 23.4 Å². The van der Waals surface area contributed by atoms with Gasteiger partial charge in [0, 0.05) is 50.5 Å². The highest BCUT2D eigenvalue weighted by atomic mass is 16.2. The molecule has 2 heterocycles. The van der Waals surface area contributed by atoms with Crippen LogP contribution in [0.4, 0.5) is 10.5 Å². The van der Waals surface area contributed by atoms with E-state index in [2.05, 4.69) is 15.1 Å². The van der Waals surface area contributed by atoms with Crippen molar-refractivity contribution in [3.8, 4) is 0 Å². The van der Waals surface area contributed by atoms with Gasteiger partial charge in [-0.05, 0) is 38.1 Å². The Morgan fingerprint density at radius 1 is 1.04 bits per heavy atom. The predicted octanol–water partition coefficient (Wildman–Crippen LogP) is 0.952. The van der Waals surface area contributed by atoms with Crippen LogP contribution in [0.25, 0.3) is 0 Å². The Balaban J connectivity index is 1.56. The van der Waals surface area contributed by atoms with Gasteiger partial charge in [0.15, 0.2) is 5.78 Å². The third-order valence-electron chi connectivity index (χ3n) is 4.98. The molecular formula is C18H24N4O3. The molecule has 2 saturated heterocycles. The van der Waals surface area contributed by atoms with Gasteiger partial charge in [-0.1, -0.05) is 0 Å². The lowest BCUT2D eigenvalue weighted by atomic mass is 10.1. The van der Waals surface area contributed by atoms with Crippen LogP contribution in [-0.2, 0) is 4.79 Å². The van der Waals surface area contributed by atoms with E-state index < -0.39 is 0 Å². The highest BCUT2D eigenvalue weighted by Gasteiger charge is 2.33. The van der Waals surface area contributed by atoms with Crippen LogP contribution in [0.3, 0.4) is 0 Å². The zero-order valence-corrected chi connectivity index (χ0v) is 14.7. The molecule has 1 atom stereocenters. The summed E-state index contributed by atoms with van der Waals surface area (Å²) in [5, 5.41) is 2.66. The Hall–Kier alpha value is -2.41. The van der Waals surface area contributed by atoms with Crippen molar-refractivity contribution < 1.29 is 14.4 Å². The summed E-state index contributed by atoms with van der Waals surface area (Å²) in [6.45, 7) is 7.55. The van der Waals surface area contributed by atoms with Gasteiger partial charge in [0.05, 0.1) is 6.04 Å². The molecule has 0 bridgehead atoms. The van der Waals surface area contributed by atoms with Crippen LogP contribution >= 0.6 is 0 Å². The minimum absolute atomic E-state index is 0.0645. The number of carbonyl (C=O) groups excluding carboxylic acids is 3. The molecule has 2 aliphatic rings. The molecule has 3 amide bonds. The smallest absolute Gasteiger partial charge is 0.324 e. The molecule has 7 heteroatoms. The van der Waals surface area contributed by atoms with E-state index in [1.54, 1.807) is 6.92 Å². The van der Waals surface area contributed by atoms with Crippen molar-refractivity contribution in [3.05, 3.63) is 29.8 Å². The first-order valence-electron chi connectivity index (χ1n) is 8.66. The summed E-state index contributed by atoms with van der Waals surface area (Å²) in [5.41, 5.74) is 1.80. The lowest BCUT2D eigenvalue weighted by molar-refractivity contribution is -0.132. The van der Waals surface area contributed by atoms with Crippen molar-refractivity contribution in [2.45, 2.75) is 19.9 Å². The minimum atomic E-state index is -0.300. The fourth-order valence-corrected chi connectivity index (χ4v) is 3.34. The first kappa shape index (κ1) is 17.4. The Bertz CT molecular complexity index is 665. The Morgan fingerprint density at radius 2 is 1.68 bits per heavy atom. The first-order chi connectivity index (χ1) is 12.0. The maximum absolute atomic E-state index is 12.5. The fraction of sp³-hybridized carbons (Fsp3) is 0.500. The molecule has 0 unspecified atom stereocenters. The molecule has 0 saturated carbocycles. The van der Waals surface area contributed by atoms with Gasteiger partial charge in [0.25, 0.3) is 0 Å². The van der Waals surface area contributed by atoms with Crippen molar-refractivity contribution in [1.82, 2.24) is 15.1 Å². The fourth-order valence-electron chi connectivity index (χ4n) is 3.34. The number of amides is 3. The van der Waals surface area contributed by atoms with Gasteiger partial charge in [-0.2, -0.15) is 0 Å². The number of Topliss-reactive ketones (excluding diaryl/α,β-unsaturated/α-hetero) is 1. The van der Waals surface area contributed by atoms with E-state index in [1.807, 2.05) is 31.2 Å². The van der Waals surface area contributed by atoms with Crippen LogP contribution in [0.5, 0.6) is 0 Å². The molecule has 3 rings (SSSR count). The number of carbonyl (C=O) groups is 3.